The van der Waals surface area contributed by atoms with Gasteiger partial charge in [0.15, 0.2) is 0 Å². The van der Waals surface area contributed by atoms with Gasteiger partial charge in [0, 0.05) is 12.0 Å². The predicted molar refractivity (Wildman–Crippen MR) is 162 cm³/mol. The summed E-state index contributed by atoms with van der Waals surface area (Å²) in [6.07, 6.45) is 0.606. The van der Waals surface area contributed by atoms with Crippen LogP contribution >= 0.6 is 0 Å². The van der Waals surface area contributed by atoms with Crippen molar-refractivity contribution in [3.63, 3.8) is 0 Å². The topological polar surface area (TPSA) is 144 Å². The molecule has 12 heteroatoms. The van der Waals surface area contributed by atoms with Crippen molar-refractivity contribution in [1.82, 2.24) is 0 Å². The highest BCUT2D eigenvalue weighted by Crippen LogP contribution is 2.32. The lowest BCUT2D eigenvalue weighted by molar-refractivity contribution is 0.00808. The van der Waals surface area contributed by atoms with E-state index >= 15 is 0 Å². The minimum atomic E-state index is -0.00937. The van der Waals surface area contributed by atoms with Gasteiger partial charge in [-0.3, -0.25) is 0 Å². The first-order valence-corrected chi connectivity index (χ1v) is 15.1. The molecule has 0 atom stereocenters. The normalized spacial score (nSPS) is 11.2. The summed E-state index contributed by atoms with van der Waals surface area (Å²) in [6, 6.07) is 14.9. The maximum Gasteiger partial charge on any atom is 0.123 e. The number of hydrogen-bond acceptors (Lipinski definition) is 12. The molecule has 0 aromatic heterocycles. The summed E-state index contributed by atoms with van der Waals surface area (Å²) < 4.78 is 49.8. The zero-order chi connectivity index (χ0) is 31.3. The molecule has 44 heavy (non-hydrogen) atoms. The molecule has 2 aromatic carbocycles. The van der Waals surface area contributed by atoms with Gasteiger partial charge >= 0.3 is 0 Å². The average Bonchev–Trinajstić information content (AvgIpc) is 3.05. The van der Waals surface area contributed by atoms with Crippen molar-refractivity contribution in [1.29, 1.82) is 0 Å². The van der Waals surface area contributed by atoms with E-state index in [1.54, 1.807) is 0 Å². The van der Waals surface area contributed by atoms with Crippen molar-refractivity contribution >= 4 is 0 Å². The first-order valence-electron chi connectivity index (χ1n) is 15.1. The molecule has 249 valence electrons. The zero-order valence-corrected chi connectivity index (χ0v) is 25.6. The standard InChI is InChI=1S/C32H49O12/c33-9-13-37-17-21-40-20-16-36-12-8-31-30(2-1-3-32(31)44-27-25-42-23-19-39-15-11-35)28-4-6-29(7-5-28)43-26-24-41-22-18-38-14-10-34/h1,3-7,33-35H,8-27H2. The summed E-state index contributed by atoms with van der Waals surface area (Å²) in [5, 5.41) is 26.2. The van der Waals surface area contributed by atoms with Gasteiger partial charge in [-0.1, -0.05) is 18.2 Å². The molecule has 0 aliphatic heterocycles. The molecule has 3 N–H and O–H groups in total. The fourth-order valence-electron chi connectivity index (χ4n) is 3.85. The van der Waals surface area contributed by atoms with Crippen LogP contribution in [0.5, 0.6) is 11.5 Å². The fourth-order valence-corrected chi connectivity index (χ4v) is 3.85. The van der Waals surface area contributed by atoms with Crippen LogP contribution in [0.3, 0.4) is 0 Å². The van der Waals surface area contributed by atoms with E-state index in [0.29, 0.717) is 112 Å². The fraction of sp³-hybridized carbons (Fsp3) is 0.625. The Hall–Kier alpha value is -2.36. The highest BCUT2D eigenvalue weighted by Gasteiger charge is 2.13. The van der Waals surface area contributed by atoms with Crippen molar-refractivity contribution in [3.8, 4) is 22.6 Å². The van der Waals surface area contributed by atoms with Crippen LogP contribution in [0.4, 0.5) is 0 Å². The first-order chi connectivity index (χ1) is 21.8. The second-order valence-corrected chi connectivity index (χ2v) is 9.12. The summed E-state index contributed by atoms with van der Waals surface area (Å²) in [7, 11) is 0. The molecule has 12 nitrogen and oxygen atoms in total. The molecule has 0 heterocycles. The lowest BCUT2D eigenvalue weighted by atomic mass is 9.97. The van der Waals surface area contributed by atoms with Crippen molar-refractivity contribution in [2.24, 2.45) is 0 Å². The van der Waals surface area contributed by atoms with Crippen molar-refractivity contribution in [2.75, 3.05) is 126 Å². The highest BCUT2D eigenvalue weighted by molar-refractivity contribution is 5.70. The highest BCUT2D eigenvalue weighted by atomic mass is 16.6. The number of ether oxygens (including phenoxy) is 9. The predicted octanol–water partition coefficient (Wildman–Crippen LogP) is 1.55. The van der Waals surface area contributed by atoms with Gasteiger partial charge in [0.1, 0.15) is 24.7 Å². The Kier molecular flexibility index (Phi) is 23.2. The molecule has 2 aromatic rings. The third-order valence-corrected chi connectivity index (χ3v) is 5.88. The molecule has 0 unspecified atom stereocenters. The maximum absolute atomic E-state index is 8.77. The van der Waals surface area contributed by atoms with Crippen LogP contribution in [0.25, 0.3) is 11.1 Å². The van der Waals surface area contributed by atoms with Crippen LogP contribution in [0.1, 0.15) is 5.56 Å². The summed E-state index contributed by atoms with van der Waals surface area (Å²) in [4.78, 5) is 0. The molecule has 0 bridgehead atoms. The Bertz CT molecular complexity index is 928. The van der Waals surface area contributed by atoms with Gasteiger partial charge in [0.05, 0.1) is 112 Å². The molecule has 0 aliphatic rings. The van der Waals surface area contributed by atoms with Crippen molar-refractivity contribution in [2.45, 2.75) is 6.42 Å². The number of hydrogen-bond donors (Lipinski definition) is 3. The monoisotopic (exact) mass is 625 g/mol. The van der Waals surface area contributed by atoms with E-state index in [2.05, 4.69) is 6.07 Å². The summed E-state index contributed by atoms with van der Waals surface area (Å²) in [5.41, 5.74) is 2.86. The van der Waals surface area contributed by atoms with Crippen molar-refractivity contribution in [3.05, 3.63) is 48.0 Å². The van der Waals surface area contributed by atoms with E-state index < -0.39 is 0 Å². The van der Waals surface area contributed by atoms with E-state index in [-0.39, 0.29) is 19.8 Å². The Labute approximate surface area is 260 Å². The van der Waals surface area contributed by atoms with Gasteiger partial charge in [-0.05, 0) is 35.4 Å². The maximum atomic E-state index is 8.77. The second kappa shape index (κ2) is 27.0. The molecule has 2 rings (SSSR count). The van der Waals surface area contributed by atoms with Gasteiger partial charge in [-0.25, -0.2) is 0 Å². The third kappa shape index (κ3) is 17.8. The Morgan fingerprint density at radius 1 is 0.455 bits per heavy atom. The molecule has 0 fully saturated rings. The van der Waals surface area contributed by atoms with Crippen LogP contribution in [0.2, 0.25) is 0 Å². The van der Waals surface area contributed by atoms with Crippen molar-refractivity contribution < 1.29 is 58.0 Å². The van der Waals surface area contributed by atoms with E-state index in [0.717, 1.165) is 28.2 Å². The van der Waals surface area contributed by atoms with E-state index in [1.165, 1.54) is 0 Å². The van der Waals surface area contributed by atoms with Crippen LogP contribution in [-0.4, -0.2) is 141 Å². The van der Waals surface area contributed by atoms with E-state index in [4.69, 9.17) is 58.0 Å². The van der Waals surface area contributed by atoms with E-state index in [1.807, 2.05) is 36.4 Å². The van der Waals surface area contributed by atoms with E-state index in [9.17, 15) is 0 Å². The van der Waals surface area contributed by atoms with Crippen LogP contribution in [0, 0.1) is 6.07 Å². The number of aliphatic hydroxyl groups is 3. The molecule has 1 radical (unpaired) electrons. The average molecular weight is 626 g/mol. The Balaban J connectivity index is 1.89. The molecular formula is C32H49O12. The van der Waals surface area contributed by atoms with Gasteiger partial charge in [-0.2, -0.15) is 0 Å². The SMILES string of the molecule is OCCOCCOCCOCCc1c(-c2ccc(OCCOCCOCCO)cc2)[c]ccc1OCCOCCOCCO. The van der Waals surface area contributed by atoms with Crippen LogP contribution in [0.15, 0.2) is 36.4 Å². The minimum absolute atomic E-state index is 0.00124. The number of benzene rings is 2. The van der Waals surface area contributed by atoms with Gasteiger partial charge in [0.25, 0.3) is 0 Å². The molecule has 0 saturated heterocycles. The molecule has 0 saturated carbocycles. The lowest BCUT2D eigenvalue weighted by Crippen LogP contribution is -2.13. The zero-order valence-electron chi connectivity index (χ0n) is 25.6. The minimum Gasteiger partial charge on any atom is -0.491 e. The van der Waals surface area contributed by atoms with Gasteiger partial charge in [-0.15, -0.1) is 0 Å². The third-order valence-electron chi connectivity index (χ3n) is 5.88. The lowest BCUT2D eigenvalue weighted by Gasteiger charge is -2.17. The first kappa shape index (κ1) is 37.8. The molecule has 0 amide bonds. The smallest absolute Gasteiger partial charge is 0.123 e. The van der Waals surface area contributed by atoms with Gasteiger partial charge < -0.3 is 58.0 Å². The van der Waals surface area contributed by atoms with Gasteiger partial charge in [0.2, 0.25) is 0 Å². The molecular weight excluding hydrogens is 576 g/mol. The van der Waals surface area contributed by atoms with Crippen LogP contribution < -0.4 is 9.47 Å². The van der Waals surface area contributed by atoms with Crippen LogP contribution in [-0.2, 0) is 39.6 Å². The summed E-state index contributed by atoms with van der Waals surface area (Å²) >= 11 is 0. The molecule has 0 aliphatic carbocycles. The second-order valence-electron chi connectivity index (χ2n) is 9.12. The quantitative estimate of drug-likeness (QED) is 0.108. The summed E-state index contributed by atoms with van der Waals surface area (Å²) in [6.45, 7) is 6.47. The number of aliphatic hydroxyl groups excluding tert-OH is 3. The Morgan fingerprint density at radius 2 is 0.886 bits per heavy atom. The number of rotatable bonds is 30. The summed E-state index contributed by atoms with van der Waals surface area (Å²) in [5.74, 6) is 1.47. The largest absolute Gasteiger partial charge is 0.491 e. The Morgan fingerprint density at radius 3 is 1.39 bits per heavy atom. The molecule has 0 spiro atoms.